The van der Waals surface area contributed by atoms with Crippen LogP contribution in [0.15, 0.2) is 67.3 Å². The molecule has 2 unspecified atom stereocenters. The molecule has 4 aromatic rings. The van der Waals surface area contributed by atoms with Crippen LogP contribution in [0, 0.1) is 0 Å². The standard InChI is InChI=1S/C31H39N7O5S/c1-31(30(40)36-16-8-9-17-36,23-12-14-24(43-4)15-13-23)37-20-28(33-21-37)34-29(39)27(38(35(2)3)44(5,41)42)18-22-19-32-26-11-7-6-10-25(22)26/h6-7,10-15,19-21,27,32H,8-9,16-18H2,1-5H3,(H,34,39). The summed E-state index contributed by atoms with van der Waals surface area (Å²) in [6.45, 7) is 3.18. The van der Waals surface area contributed by atoms with Crippen LogP contribution in [0.25, 0.3) is 10.9 Å². The molecule has 2 aromatic heterocycles. The number of nitrogens with one attached hydrogen (secondary N) is 2. The summed E-state index contributed by atoms with van der Waals surface area (Å²) in [5.74, 6) is 0.223. The number of sulfonamides is 1. The van der Waals surface area contributed by atoms with E-state index in [0.29, 0.717) is 18.8 Å². The highest BCUT2D eigenvalue weighted by molar-refractivity contribution is 7.88. The Kier molecular flexibility index (Phi) is 8.82. The number of likely N-dealkylation sites (tertiary alicyclic amines) is 1. The number of rotatable bonds is 11. The van der Waals surface area contributed by atoms with Crippen molar-refractivity contribution in [3.63, 3.8) is 0 Å². The third-order valence-corrected chi connectivity index (χ3v) is 9.46. The van der Waals surface area contributed by atoms with Crippen LogP contribution < -0.4 is 10.1 Å². The third-order valence-electron chi connectivity index (χ3n) is 8.20. The lowest BCUT2D eigenvalue weighted by Crippen LogP contribution is -2.54. The summed E-state index contributed by atoms with van der Waals surface area (Å²) in [6, 6.07) is 13.8. The van der Waals surface area contributed by atoms with Crippen LogP contribution in [0.2, 0.25) is 0 Å². The highest BCUT2D eigenvalue weighted by atomic mass is 32.2. The van der Waals surface area contributed by atoms with Crippen molar-refractivity contribution in [3.8, 4) is 5.75 Å². The van der Waals surface area contributed by atoms with Gasteiger partial charge in [0.05, 0.1) is 19.7 Å². The van der Waals surface area contributed by atoms with Crippen LogP contribution in [0.5, 0.6) is 5.75 Å². The number of imidazole rings is 1. The number of aromatic amines is 1. The average Bonchev–Trinajstić information content (AvgIpc) is 3.77. The van der Waals surface area contributed by atoms with Crippen molar-refractivity contribution in [1.82, 2.24) is 28.9 Å². The Morgan fingerprint density at radius 3 is 2.43 bits per heavy atom. The zero-order valence-corrected chi connectivity index (χ0v) is 26.5. The minimum absolute atomic E-state index is 0.0801. The van der Waals surface area contributed by atoms with Crippen molar-refractivity contribution in [2.75, 3.05) is 45.9 Å². The molecule has 1 aliphatic heterocycles. The number of ether oxygens (including phenoxy) is 1. The summed E-state index contributed by atoms with van der Waals surface area (Å²) in [4.78, 5) is 37.4. The number of amides is 2. The Bertz CT molecular complexity index is 1740. The number of benzene rings is 2. The molecule has 13 heteroatoms. The normalized spacial score (nSPS) is 15.9. The number of methoxy groups -OCH3 is 1. The molecule has 44 heavy (non-hydrogen) atoms. The highest BCUT2D eigenvalue weighted by Crippen LogP contribution is 2.32. The Hall–Kier alpha value is -4.20. The quantitative estimate of drug-likeness (QED) is 0.246. The van der Waals surface area contributed by atoms with Gasteiger partial charge < -0.3 is 24.5 Å². The van der Waals surface area contributed by atoms with Crippen molar-refractivity contribution >= 4 is 38.6 Å². The predicted octanol–water partition coefficient (Wildman–Crippen LogP) is 3.05. The number of carbonyl (C=O) groups is 2. The first-order valence-corrected chi connectivity index (χ1v) is 16.3. The fourth-order valence-electron chi connectivity index (χ4n) is 5.95. The zero-order chi connectivity index (χ0) is 31.6. The van der Waals surface area contributed by atoms with E-state index >= 15 is 0 Å². The van der Waals surface area contributed by atoms with E-state index in [-0.39, 0.29) is 18.1 Å². The van der Waals surface area contributed by atoms with Gasteiger partial charge in [-0.15, -0.1) is 4.41 Å². The number of nitrogens with zero attached hydrogens (tertiary/aromatic N) is 5. The second-order valence-electron chi connectivity index (χ2n) is 11.4. The molecule has 0 aliphatic carbocycles. The van der Waals surface area contributed by atoms with E-state index in [4.69, 9.17) is 4.74 Å². The molecule has 0 spiro atoms. The molecule has 2 amide bonds. The number of para-hydroxylation sites is 1. The van der Waals surface area contributed by atoms with Gasteiger partial charge in [-0.25, -0.2) is 18.4 Å². The van der Waals surface area contributed by atoms with Gasteiger partial charge in [-0.05, 0) is 49.1 Å². The summed E-state index contributed by atoms with van der Waals surface area (Å²) in [5.41, 5.74) is 1.26. The molecule has 1 aliphatic rings. The zero-order valence-electron chi connectivity index (χ0n) is 25.6. The van der Waals surface area contributed by atoms with Gasteiger partial charge in [0.2, 0.25) is 15.9 Å². The summed E-state index contributed by atoms with van der Waals surface area (Å²) >= 11 is 0. The smallest absolute Gasteiger partial charge is 0.253 e. The molecule has 1 fully saturated rings. The number of hydrogen-bond donors (Lipinski definition) is 2. The van der Waals surface area contributed by atoms with E-state index in [2.05, 4.69) is 15.3 Å². The van der Waals surface area contributed by atoms with Gasteiger partial charge in [-0.3, -0.25) is 9.59 Å². The number of hydrazine groups is 1. The van der Waals surface area contributed by atoms with E-state index in [1.807, 2.05) is 48.2 Å². The lowest BCUT2D eigenvalue weighted by atomic mass is 9.90. The molecule has 1 saturated heterocycles. The summed E-state index contributed by atoms with van der Waals surface area (Å²) < 4.78 is 33.9. The minimum Gasteiger partial charge on any atom is -0.497 e. The summed E-state index contributed by atoms with van der Waals surface area (Å²) in [5, 5.41) is 5.11. The van der Waals surface area contributed by atoms with Crippen molar-refractivity contribution in [2.45, 2.75) is 37.8 Å². The SMILES string of the molecule is COc1ccc(C(C)(C(=O)N2CCCC2)n2cnc(NC(=O)C(Cc3c[nH]c4ccccc34)N(N(C)C)S(C)(=O)=O)c2)cc1. The fraction of sp³-hybridized carbons (Fsp3) is 0.387. The van der Waals surface area contributed by atoms with Gasteiger partial charge in [0.25, 0.3) is 5.91 Å². The third kappa shape index (κ3) is 6.07. The number of carbonyl (C=O) groups excluding carboxylic acids is 2. The minimum atomic E-state index is -3.84. The largest absolute Gasteiger partial charge is 0.497 e. The van der Waals surface area contributed by atoms with Crippen LogP contribution in [0.3, 0.4) is 0 Å². The molecule has 5 rings (SSSR count). The molecule has 0 bridgehead atoms. The number of anilines is 1. The van der Waals surface area contributed by atoms with Crippen LogP contribution in [-0.2, 0) is 31.6 Å². The summed E-state index contributed by atoms with van der Waals surface area (Å²) in [6.07, 6.45) is 7.98. The molecule has 0 saturated carbocycles. The molecule has 234 valence electrons. The molecular formula is C31H39N7O5S. The Balaban J connectivity index is 1.48. The van der Waals surface area contributed by atoms with Crippen molar-refractivity contribution in [2.24, 2.45) is 0 Å². The number of aromatic nitrogens is 3. The van der Waals surface area contributed by atoms with Gasteiger partial charge in [0.15, 0.2) is 5.82 Å². The second-order valence-corrected chi connectivity index (χ2v) is 13.3. The molecular weight excluding hydrogens is 582 g/mol. The monoisotopic (exact) mass is 621 g/mol. The van der Waals surface area contributed by atoms with Crippen molar-refractivity contribution in [3.05, 3.63) is 78.4 Å². The van der Waals surface area contributed by atoms with Crippen LogP contribution in [-0.4, -0.2) is 95.7 Å². The lowest BCUT2D eigenvalue weighted by Gasteiger charge is -2.34. The molecule has 2 aromatic carbocycles. The first-order valence-electron chi connectivity index (χ1n) is 14.4. The van der Waals surface area contributed by atoms with Gasteiger partial charge in [-0.1, -0.05) is 30.3 Å². The fourth-order valence-corrected chi connectivity index (χ4v) is 7.18. The summed E-state index contributed by atoms with van der Waals surface area (Å²) in [7, 11) is 0.907. The van der Waals surface area contributed by atoms with Crippen molar-refractivity contribution in [1.29, 1.82) is 0 Å². The maximum atomic E-state index is 14.0. The molecule has 12 nitrogen and oxygen atoms in total. The first-order chi connectivity index (χ1) is 20.9. The van der Waals surface area contributed by atoms with Crippen molar-refractivity contribution < 1.29 is 22.7 Å². The van der Waals surface area contributed by atoms with E-state index in [1.54, 1.807) is 50.3 Å². The van der Waals surface area contributed by atoms with E-state index in [9.17, 15) is 18.0 Å². The lowest BCUT2D eigenvalue weighted by molar-refractivity contribution is -0.137. The molecule has 3 heterocycles. The van der Waals surface area contributed by atoms with E-state index < -0.39 is 27.5 Å². The van der Waals surface area contributed by atoms with Gasteiger partial charge in [0.1, 0.15) is 17.3 Å². The predicted molar refractivity (Wildman–Crippen MR) is 169 cm³/mol. The Morgan fingerprint density at radius 1 is 1.11 bits per heavy atom. The van der Waals surface area contributed by atoms with Crippen LogP contribution in [0.4, 0.5) is 5.82 Å². The molecule has 2 atom stereocenters. The maximum absolute atomic E-state index is 14.0. The first kappa shape index (κ1) is 31.2. The molecule has 0 radical (unpaired) electrons. The van der Waals surface area contributed by atoms with Crippen LogP contribution in [0.1, 0.15) is 30.9 Å². The number of hydrogen-bond acceptors (Lipinski definition) is 7. The number of H-pyrrole nitrogens is 1. The van der Waals surface area contributed by atoms with E-state index in [0.717, 1.165) is 45.5 Å². The number of fused-ring (bicyclic) bond motifs is 1. The Labute approximate surface area is 257 Å². The van der Waals surface area contributed by atoms with E-state index in [1.165, 1.54) is 11.3 Å². The van der Waals surface area contributed by atoms with Crippen LogP contribution >= 0.6 is 0 Å². The van der Waals surface area contributed by atoms with Gasteiger partial charge in [0, 0.05) is 56.9 Å². The average molecular weight is 622 g/mol. The highest BCUT2D eigenvalue weighted by Gasteiger charge is 2.42. The van der Waals surface area contributed by atoms with Gasteiger partial charge >= 0.3 is 0 Å². The topological polar surface area (TPSA) is 133 Å². The maximum Gasteiger partial charge on any atom is 0.253 e. The second kappa shape index (κ2) is 12.4. The molecule has 2 N–H and O–H groups in total. The van der Waals surface area contributed by atoms with Gasteiger partial charge in [-0.2, -0.15) is 0 Å². The Morgan fingerprint density at radius 2 is 1.80 bits per heavy atom.